The van der Waals surface area contributed by atoms with Crippen molar-refractivity contribution in [3.8, 4) is 5.75 Å². The summed E-state index contributed by atoms with van der Waals surface area (Å²) in [6.45, 7) is 2.10. The van der Waals surface area contributed by atoms with Crippen molar-refractivity contribution in [3.63, 3.8) is 0 Å². The van der Waals surface area contributed by atoms with Gasteiger partial charge in [0, 0.05) is 26.2 Å². The Morgan fingerprint density at radius 3 is 1.94 bits per heavy atom. The second-order valence-corrected chi connectivity index (χ2v) is 6.58. The van der Waals surface area contributed by atoms with Crippen molar-refractivity contribution >= 4 is 24.8 Å². The van der Waals surface area contributed by atoms with E-state index in [0.29, 0.717) is 37.8 Å². The van der Waals surface area contributed by atoms with Gasteiger partial charge in [-0.15, -0.1) is 38.0 Å². The minimum Gasteiger partial charge on any atom is -0.406 e. The van der Waals surface area contributed by atoms with Gasteiger partial charge in [-0.05, 0) is 41.5 Å². The van der Waals surface area contributed by atoms with Gasteiger partial charge in [0.2, 0.25) is 0 Å². The largest absolute Gasteiger partial charge is 0.573 e. The monoisotopic (exact) mass is 494 g/mol. The van der Waals surface area contributed by atoms with Crippen LogP contribution in [0.25, 0.3) is 0 Å². The van der Waals surface area contributed by atoms with Gasteiger partial charge in [0.05, 0.1) is 11.6 Å². The number of hydrogen-bond donors (Lipinski definition) is 1. The first-order valence-electron chi connectivity index (χ1n) is 8.71. The van der Waals surface area contributed by atoms with Gasteiger partial charge >= 0.3 is 12.5 Å². The molecule has 1 heterocycles. The highest BCUT2D eigenvalue weighted by Crippen LogP contribution is 2.36. The van der Waals surface area contributed by atoms with E-state index in [2.05, 4.69) is 10.1 Å². The maximum atomic E-state index is 14.0. The Labute approximate surface area is 186 Å². The van der Waals surface area contributed by atoms with E-state index in [1.807, 2.05) is 4.90 Å². The van der Waals surface area contributed by atoms with Crippen molar-refractivity contribution in [1.82, 2.24) is 10.2 Å². The molecule has 0 amide bonds. The summed E-state index contributed by atoms with van der Waals surface area (Å²) < 4.78 is 94.4. The van der Waals surface area contributed by atoms with Gasteiger partial charge in [-0.25, -0.2) is 4.39 Å². The number of nitrogens with one attached hydrogen (secondary N) is 1. The number of rotatable bonds is 4. The lowest BCUT2D eigenvalue weighted by molar-refractivity contribution is -0.274. The molecule has 1 atom stereocenters. The van der Waals surface area contributed by atoms with Crippen LogP contribution >= 0.6 is 24.8 Å². The van der Waals surface area contributed by atoms with E-state index >= 15 is 0 Å². The first-order valence-corrected chi connectivity index (χ1v) is 8.71. The van der Waals surface area contributed by atoms with Gasteiger partial charge in [-0.3, -0.25) is 4.90 Å². The molecule has 0 radical (unpaired) electrons. The summed E-state index contributed by atoms with van der Waals surface area (Å²) in [5.41, 5.74) is -0.617. The third kappa shape index (κ3) is 7.41. The highest BCUT2D eigenvalue weighted by atomic mass is 35.5. The normalized spacial score (nSPS) is 16.1. The van der Waals surface area contributed by atoms with Crippen molar-refractivity contribution < 1.29 is 35.5 Å². The molecule has 2 aromatic rings. The molecule has 0 saturated carbocycles. The van der Waals surface area contributed by atoms with Gasteiger partial charge in [-0.1, -0.05) is 12.1 Å². The van der Waals surface area contributed by atoms with E-state index in [4.69, 9.17) is 0 Å². The average Bonchev–Trinajstić information content (AvgIpc) is 2.62. The summed E-state index contributed by atoms with van der Waals surface area (Å²) in [5, 5.41) is 3.11. The molecule has 0 aliphatic carbocycles. The zero-order chi connectivity index (χ0) is 21.2. The highest BCUT2D eigenvalue weighted by Gasteiger charge is 2.34. The van der Waals surface area contributed by atoms with Crippen LogP contribution in [0.2, 0.25) is 0 Å². The Bertz CT molecular complexity index is 839. The van der Waals surface area contributed by atoms with Crippen molar-refractivity contribution in [3.05, 3.63) is 65.0 Å². The summed E-state index contributed by atoms with van der Waals surface area (Å²) in [7, 11) is 0. The Kier molecular flexibility index (Phi) is 9.43. The predicted molar refractivity (Wildman–Crippen MR) is 105 cm³/mol. The summed E-state index contributed by atoms with van der Waals surface area (Å²) in [4.78, 5) is 1.85. The van der Waals surface area contributed by atoms with E-state index < -0.39 is 35.7 Å². The number of nitrogens with zero attached hydrogens (tertiary/aromatic N) is 1. The number of ether oxygens (including phenoxy) is 1. The maximum absolute atomic E-state index is 14.0. The molecule has 2 aromatic carbocycles. The number of hydrogen-bond acceptors (Lipinski definition) is 3. The third-order valence-electron chi connectivity index (χ3n) is 4.51. The van der Waals surface area contributed by atoms with Gasteiger partial charge in [0.25, 0.3) is 0 Å². The van der Waals surface area contributed by atoms with E-state index in [1.165, 1.54) is 12.1 Å². The van der Waals surface area contributed by atoms with Crippen molar-refractivity contribution in [2.75, 3.05) is 26.2 Å². The quantitative estimate of drug-likeness (QED) is 0.561. The standard InChI is InChI=1S/C19H17F7N2O.2ClH/c20-15-10-13(9-14(11-15)18(21,22)23)17(28-7-5-27-6-8-28)12-1-3-16(4-2-12)29-19(24,25)26;;/h1-4,9-11,17,27H,5-8H2;2*1H/t17-;;/m0../s1. The fourth-order valence-electron chi connectivity index (χ4n) is 3.34. The number of benzene rings is 2. The van der Waals surface area contributed by atoms with E-state index in [1.54, 1.807) is 0 Å². The Balaban J connectivity index is 0.00000240. The first-order chi connectivity index (χ1) is 13.5. The van der Waals surface area contributed by atoms with Gasteiger partial charge in [-0.2, -0.15) is 13.2 Å². The third-order valence-corrected chi connectivity index (χ3v) is 4.51. The minimum atomic E-state index is -4.86. The lowest BCUT2D eigenvalue weighted by atomic mass is 9.94. The maximum Gasteiger partial charge on any atom is 0.573 e. The molecular weight excluding hydrogens is 476 g/mol. The minimum absolute atomic E-state index is 0. The van der Waals surface area contributed by atoms with Gasteiger partial charge in [0.15, 0.2) is 0 Å². The fourth-order valence-corrected chi connectivity index (χ4v) is 3.34. The van der Waals surface area contributed by atoms with Crippen LogP contribution in [-0.4, -0.2) is 37.4 Å². The smallest absolute Gasteiger partial charge is 0.406 e. The van der Waals surface area contributed by atoms with Crippen LogP contribution in [0.5, 0.6) is 5.75 Å². The fraction of sp³-hybridized carbons (Fsp3) is 0.368. The molecule has 3 nitrogen and oxygen atoms in total. The van der Waals surface area contributed by atoms with Crippen molar-refractivity contribution in [2.45, 2.75) is 18.6 Å². The van der Waals surface area contributed by atoms with Gasteiger partial charge in [0.1, 0.15) is 11.6 Å². The van der Waals surface area contributed by atoms with Gasteiger partial charge < -0.3 is 10.1 Å². The summed E-state index contributed by atoms with van der Waals surface area (Å²) in [6.07, 6.45) is -9.58. The lowest BCUT2D eigenvalue weighted by Crippen LogP contribution is -2.45. The Morgan fingerprint density at radius 1 is 0.839 bits per heavy atom. The molecule has 12 heteroatoms. The molecule has 3 rings (SSSR count). The lowest BCUT2D eigenvalue weighted by Gasteiger charge is -2.36. The first kappa shape index (κ1) is 27.3. The number of alkyl halides is 6. The molecule has 1 fully saturated rings. The highest BCUT2D eigenvalue weighted by molar-refractivity contribution is 5.85. The summed E-state index contributed by atoms with van der Waals surface area (Å²) >= 11 is 0. The molecule has 1 aliphatic rings. The molecular formula is C19H19Cl2F7N2O. The molecule has 1 aliphatic heterocycles. The van der Waals surface area contributed by atoms with Crippen LogP contribution in [0.4, 0.5) is 30.7 Å². The molecule has 174 valence electrons. The van der Waals surface area contributed by atoms with Crippen LogP contribution < -0.4 is 10.1 Å². The average molecular weight is 495 g/mol. The van der Waals surface area contributed by atoms with Crippen LogP contribution in [0.1, 0.15) is 22.7 Å². The molecule has 31 heavy (non-hydrogen) atoms. The second kappa shape index (κ2) is 10.7. The summed E-state index contributed by atoms with van der Waals surface area (Å²) in [5.74, 6) is -1.48. The zero-order valence-corrected chi connectivity index (χ0v) is 17.4. The molecule has 1 N–H and O–H groups in total. The van der Waals surface area contributed by atoms with Crippen molar-refractivity contribution in [2.24, 2.45) is 0 Å². The molecule has 0 aromatic heterocycles. The number of halogens is 9. The predicted octanol–water partition coefficient (Wildman–Crippen LogP) is 5.58. The van der Waals surface area contributed by atoms with E-state index in [0.717, 1.165) is 24.3 Å². The summed E-state index contributed by atoms with van der Waals surface area (Å²) in [6, 6.07) is 6.40. The molecule has 0 bridgehead atoms. The zero-order valence-electron chi connectivity index (χ0n) is 15.8. The second-order valence-electron chi connectivity index (χ2n) is 6.58. The molecule has 0 spiro atoms. The van der Waals surface area contributed by atoms with Crippen LogP contribution in [0.15, 0.2) is 42.5 Å². The Hall–Kier alpha value is -1.75. The van der Waals surface area contributed by atoms with Crippen LogP contribution in [0.3, 0.4) is 0 Å². The molecule has 1 saturated heterocycles. The van der Waals surface area contributed by atoms with Crippen LogP contribution in [0, 0.1) is 5.82 Å². The number of piperazine rings is 1. The van der Waals surface area contributed by atoms with Crippen molar-refractivity contribution in [1.29, 1.82) is 0 Å². The topological polar surface area (TPSA) is 24.5 Å². The molecule has 0 unspecified atom stereocenters. The van der Waals surface area contributed by atoms with E-state index in [9.17, 15) is 30.7 Å². The van der Waals surface area contributed by atoms with E-state index in [-0.39, 0.29) is 30.4 Å². The Morgan fingerprint density at radius 2 is 1.42 bits per heavy atom. The SMILES string of the molecule is Cl.Cl.Fc1cc([C@H](c2ccc(OC(F)(F)F)cc2)N2CCNCC2)cc(C(F)(F)F)c1. The van der Waals surface area contributed by atoms with Crippen LogP contribution in [-0.2, 0) is 6.18 Å².